The zero-order chi connectivity index (χ0) is 40.3. The quantitative estimate of drug-likeness (QED) is 0.134. The SMILES string of the molecule is O=C1CCC(N2Cc3cc(N4CCN(CCC5CCN(c6ncc(-c7ccc8c9cnccc9n(C(F)F)c8c7)cc6C(F)(F)F)CC5)CC4)ccc3C2=O)C(=O)N1. The van der Waals surface area contributed by atoms with Gasteiger partial charge in [0.15, 0.2) is 0 Å². The molecule has 1 N–H and O–H groups in total. The molecule has 0 spiro atoms. The monoisotopic (exact) mass is 800 g/mol. The normalized spacial score (nSPS) is 19.9. The van der Waals surface area contributed by atoms with Gasteiger partial charge in [-0.3, -0.25) is 34.2 Å². The molecule has 16 heteroatoms. The summed E-state index contributed by atoms with van der Waals surface area (Å²) in [7, 11) is 0. The van der Waals surface area contributed by atoms with Crippen LogP contribution in [0.4, 0.5) is 33.5 Å². The lowest BCUT2D eigenvalue weighted by Gasteiger charge is -2.38. The molecule has 58 heavy (non-hydrogen) atoms. The van der Waals surface area contributed by atoms with E-state index in [-0.39, 0.29) is 35.1 Å². The standard InChI is InChI=1S/C42H41F5N8O3/c43-41(44)55-34-7-11-48-23-32(34)31-3-1-26(21-36(31)55)27-20-33(42(45,46)47)38(49-22-27)53-13-9-25(10-14-53)8-12-51-15-17-52(18-16-51)29-2-4-30-28(19-29)24-54(40(30)58)35-5-6-37(56)50-39(35)57/h1-4,7,11,19-23,25,35,41H,5-6,8-10,12-18,24H2,(H,50,56,57). The third-order valence-electron chi connectivity index (χ3n) is 12.3. The molecule has 4 aliphatic rings. The molecule has 4 aliphatic heterocycles. The predicted molar refractivity (Wildman–Crippen MR) is 207 cm³/mol. The Labute approximate surface area is 330 Å². The van der Waals surface area contributed by atoms with E-state index >= 15 is 0 Å². The van der Waals surface area contributed by atoms with E-state index in [9.17, 15) is 36.3 Å². The lowest BCUT2D eigenvalue weighted by Crippen LogP contribution is -2.52. The number of alkyl halides is 5. The molecule has 0 saturated carbocycles. The Morgan fingerprint density at radius 1 is 0.810 bits per heavy atom. The van der Waals surface area contributed by atoms with E-state index in [4.69, 9.17) is 0 Å². The Morgan fingerprint density at radius 3 is 2.34 bits per heavy atom. The number of piperazine rings is 1. The summed E-state index contributed by atoms with van der Waals surface area (Å²) >= 11 is 0. The molecule has 11 nitrogen and oxygen atoms in total. The fourth-order valence-corrected chi connectivity index (χ4v) is 9.14. The number of nitrogens with one attached hydrogen (secondary N) is 1. The molecular formula is C42H41F5N8O3. The highest BCUT2D eigenvalue weighted by molar-refractivity contribution is 6.09. The third kappa shape index (κ3) is 7.00. The predicted octanol–water partition coefficient (Wildman–Crippen LogP) is 6.86. The summed E-state index contributed by atoms with van der Waals surface area (Å²) in [5.74, 6) is -0.673. The molecule has 3 aromatic heterocycles. The number of hydrogen-bond donors (Lipinski definition) is 1. The second-order valence-electron chi connectivity index (χ2n) is 15.7. The molecule has 0 bridgehead atoms. The minimum atomic E-state index is -4.67. The average Bonchev–Trinajstić information content (AvgIpc) is 3.73. The minimum absolute atomic E-state index is 0.112. The van der Waals surface area contributed by atoms with Gasteiger partial charge in [-0.15, -0.1) is 0 Å². The van der Waals surface area contributed by atoms with Gasteiger partial charge in [-0.05, 0) is 85.7 Å². The van der Waals surface area contributed by atoms with Crippen molar-refractivity contribution in [3.05, 3.63) is 83.8 Å². The maximum atomic E-state index is 14.6. The molecule has 9 rings (SSSR count). The van der Waals surface area contributed by atoms with Crippen LogP contribution in [0.2, 0.25) is 0 Å². The highest BCUT2D eigenvalue weighted by atomic mass is 19.4. The smallest absolute Gasteiger partial charge is 0.369 e. The Bertz CT molecular complexity index is 2420. The number of pyridine rings is 2. The van der Waals surface area contributed by atoms with E-state index < -0.39 is 30.2 Å². The molecule has 5 aromatic rings. The third-order valence-corrected chi connectivity index (χ3v) is 12.3. The molecule has 1 atom stereocenters. The second-order valence-corrected chi connectivity index (χ2v) is 15.7. The first-order valence-electron chi connectivity index (χ1n) is 19.7. The number of nitrogens with zero attached hydrogens (tertiary/aromatic N) is 7. The van der Waals surface area contributed by atoms with E-state index in [0.29, 0.717) is 59.4 Å². The van der Waals surface area contributed by atoms with Gasteiger partial charge in [0, 0.05) is 98.4 Å². The van der Waals surface area contributed by atoms with Gasteiger partial charge in [-0.1, -0.05) is 12.1 Å². The zero-order valence-corrected chi connectivity index (χ0v) is 31.5. The summed E-state index contributed by atoms with van der Waals surface area (Å²) in [6.45, 7) is 2.61. The molecule has 3 saturated heterocycles. The van der Waals surface area contributed by atoms with Crippen LogP contribution in [-0.4, -0.2) is 93.9 Å². The number of anilines is 2. The fraction of sp³-hybridized carbons (Fsp3) is 0.405. The molecular weight excluding hydrogens is 760 g/mol. The summed E-state index contributed by atoms with van der Waals surface area (Å²) in [5, 5.41) is 3.41. The van der Waals surface area contributed by atoms with Crippen molar-refractivity contribution in [2.75, 3.05) is 55.6 Å². The van der Waals surface area contributed by atoms with Gasteiger partial charge in [0.25, 0.3) is 5.91 Å². The summed E-state index contributed by atoms with van der Waals surface area (Å²) in [6.07, 6.45) is 2.62. The largest absolute Gasteiger partial charge is 0.419 e. The van der Waals surface area contributed by atoms with Gasteiger partial charge in [0.05, 0.1) is 16.6 Å². The molecule has 302 valence electrons. The van der Waals surface area contributed by atoms with Crippen LogP contribution < -0.4 is 15.1 Å². The maximum Gasteiger partial charge on any atom is 0.419 e. The van der Waals surface area contributed by atoms with E-state index in [1.54, 1.807) is 21.9 Å². The summed E-state index contributed by atoms with van der Waals surface area (Å²) < 4.78 is 72.9. The van der Waals surface area contributed by atoms with Gasteiger partial charge in [-0.2, -0.15) is 22.0 Å². The Balaban J connectivity index is 0.797. The highest BCUT2D eigenvalue weighted by Crippen LogP contribution is 2.41. The van der Waals surface area contributed by atoms with Gasteiger partial charge < -0.3 is 14.7 Å². The second kappa shape index (κ2) is 14.9. The van der Waals surface area contributed by atoms with Crippen molar-refractivity contribution >= 4 is 51.0 Å². The summed E-state index contributed by atoms with van der Waals surface area (Å²) in [6, 6.07) is 12.5. The Kier molecular flexibility index (Phi) is 9.77. The topological polar surface area (TPSA) is 107 Å². The number of hydrogen-bond acceptors (Lipinski definition) is 8. The number of piperidine rings is 2. The van der Waals surface area contributed by atoms with E-state index in [1.807, 2.05) is 18.2 Å². The number of rotatable bonds is 8. The average molecular weight is 801 g/mol. The van der Waals surface area contributed by atoms with Crippen molar-refractivity contribution in [3.8, 4) is 11.1 Å². The van der Waals surface area contributed by atoms with Crippen LogP contribution in [0.25, 0.3) is 32.9 Å². The van der Waals surface area contributed by atoms with Gasteiger partial charge in [0.2, 0.25) is 11.8 Å². The number of fused-ring (bicyclic) bond motifs is 4. The number of halogens is 5. The molecule has 0 radical (unpaired) electrons. The lowest BCUT2D eigenvalue weighted by molar-refractivity contribution is -0.138. The van der Waals surface area contributed by atoms with Crippen LogP contribution in [0.15, 0.2) is 67.1 Å². The van der Waals surface area contributed by atoms with Crippen LogP contribution in [-0.2, 0) is 22.3 Å². The Hall–Kier alpha value is -5.64. The van der Waals surface area contributed by atoms with E-state index in [0.717, 1.165) is 73.9 Å². The van der Waals surface area contributed by atoms with Gasteiger partial charge in [0.1, 0.15) is 11.9 Å². The van der Waals surface area contributed by atoms with Crippen molar-refractivity contribution in [2.24, 2.45) is 5.92 Å². The van der Waals surface area contributed by atoms with Crippen molar-refractivity contribution in [1.29, 1.82) is 0 Å². The molecule has 1 unspecified atom stereocenters. The number of imide groups is 1. The first-order valence-corrected chi connectivity index (χ1v) is 19.7. The molecule has 0 aliphatic carbocycles. The fourth-order valence-electron chi connectivity index (χ4n) is 9.14. The van der Waals surface area contributed by atoms with Crippen molar-refractivity contribution < 1.29 is 36.3 Å². The van der Waals surface area contributed by atoms with Crippen LogP contribution in [0.5, 0.6) is 0 Å². The number of aromatic nitrogens is 3. The number of carbonyl (C=O) groups is 3. The molecule has 2 aromatic carbocycles. The van der Waals surface area contributed by atoms with Crippen molar-refractivity contribution in [3.63, 3.8) is 0 Å². The van der Waals surface area contributed by atoms with Gasteiger partial charge >= 0.3 is 12.7 Å². The number of benzene rings is 2. The van der Waals surface area contributed by atoms with Crippen LogP contribution in [0.1, 0.15) is 60.1 Å². The summed E-state index contributed by atoms with van der Waals surface area (Å²) in [4.78, 5) is 53.5. The van der Waals surface area contributed by atoms with Crippen molar-refractivity contribution in [1.82, 2.24) is 29.7 Å². The Morgan fingerprint density at radius 2 is 1.60 bits per heavy atom. The van der Waals surface area contributed by atoms with E-state index in [2.05, 4.69) is 25.1 Å². The maximum absolute atomic E-state index is 14.6. The zero-order valence-electron chi connectivity index (χ0n) is 31.5. The number of carbonyl (C=O) groups excluding carboxylic acids is 3. The molecule has 3 fully saturated rings. The summed E-state index contributed by atoms with van der Waals surface area (Å²) in [5.41, 5.74) is 2.70. The molecule has 3 amide bonds. The van der Waals surface area contributed by atoms with E-state index in [1.165, 1.54) is 30.7 Å². The van der Waals surface area contributed by atoms with Crippen LogP contribution >= 0.6 is 0 Å². The van der Waals surface area contributed by atoms with Gasteiger partial charge in [-0.25, -0.2) is 4.98 Å². The van der Waals surface area contributed by atoms with Crippen LogP contribution in [0.3, 0.4) is 0 Å². The highest BCUT2D eigenvalue weighted by Gasteiger charge is 2.40. The van der Waals surface area contributed by atoms with Crippen molar-refractivity contribution in [2.45, 2.75) is 57.4 Å². The lowest BCUT2D eigenvalue weighted by atomic mass is 9.93. The minimum Gasteiger partial charge on any atom is -0.369 e. The molecule has 7 heterocycles. The van der Waals surface area contributed by atoms with Crippen LogP contribution in [0, 0.1) is 5.92 Å². The first kappa shape index (κ1) is 37.9. The first-order chi connectivity index (χ1) is 27.9. The number of amides is 3.